The van der Waals surface area contributed by atoms with Gasteiger partial charge in [0.25, 0.3) is 0 Å². The zero-order chi connectivity index (χ0) is 13.7. The number of rotatable bonds is 5. The Morgan fingerprint density at radius 1 is 1.50 bits per heavy atom. The minimum atomic E-state index is -1.06. The highest BCUT2D eigenvalue weighted by Gasteiger charge is 2.23. The first-order chi connectivity index (χ1) is 8.40. The van der Waals surface area contributed by atoms with Crippen LogP contribution >= 0.6 is 0 Å². The molecule has 100 valence electrons. The van der Waals surface area contributed by atoms with Crippen molar-refractivity contribution < 1.29 is 19.2 Å². The molecule has 0 fully saturated rings. The van der Waals surface area contributed by atoms with E-state index in [1.807, 2.05) is 0 Å². The standard InChI is InChI=1S/C11H17N3O4/c1-6(2)9(10(15)16)13-11(17)12-5-8-4-7(3)14-18-8/h4,6,9H,5H2,1-3H3,(H,15,16)(H2,12,13,17)/t9-/m0/s1. The van der Waals surface area contributed by atoms with Crippen LogP contribution in [0.4, 0.5) is 4.79 Å². The summed E-state index contributed by atoms with van der Waals surface area (Å²) < 4.78 is 4.91. The van der Waals surface area contributed by atoms with Gasteiger partial charge in [0.2, 0.25) is 0 Å². The van der Waals surface area contributed by atoms with Gasteiger partial charge in [-0.25, -0.2) is 9.59 Å². The van der Waals surface area contributed by atoms with Gasteiger partial charge in [0.1, 0.15) is 6.04 Å². The number of amides is 2. The minimum Gasteiger partial charge on any atom is -0.480 e. The quantitative estimate of drug-likeness (QED) is 0.724. The first-order valence-corrected chi connectivity index (χ1v) is 5.59. The van der Waals surface area contributed by atoms with Gasteiger partial charge in [-0.2, -0.15) is 0 Å². The second kappa shape index (κ2) is 6.04. The summed E-state index contributed by atoms with van der Waals surface area (Å²) in [5.41, 5.74) is 0.720. The van der Waals surface area contributed by atoms with Gasteiger partial charge in [-0.1, -0.05) is 19.0 Å². The Labute approximate surface area is 105 Å². The maximum Gasteiger partial charge on any atom is 0.326 e. The number of carboxylic acid groups (broad SMARTS) is 1. The van der Waals surface area contributed by atoms with E-state index in [2.05, 4.69) is 15.8 Å². The second-order valence-electron chi connectivity index (χ2n) is 4.32. The van der Waals surface area contributed by atoms with Crippen LogP contribution < -0.4 is 10.6 Å². The van der Waals surface area contributed by atoms with Crippen molar-refractivity contribution in [2.45, 2.75) is 33.4 Å². The van der Waals surface area contributed by atoms with E-state index in [9.17, 15) is 9.59 Å². The molecule has 7 heteroatoms. The summed E-state index contributed by atoms with van der Waals surface area (Å²) in [5.74, 6) is -0.740. The Balaban J connectivity index is 2.43. The van der Waals surface area contributed by atoms with E-state index in [1.54, 1.807) is 26.8 Å². The average Bonchev–Trinajstić information content (AvgIpc) is 2.68. The largest absolute Gasteiger partial charge is 0.480 e. The first-order valence-electron chi connectivity index (χ1n) is 5.59. The Hall–Kier alpha value is -2.05. The van der Waals surface area contributed by atoms with E-state index in [0.717, 1.165) is 5.69 Å². The lowest BCUT2D eigenvalue weighted by atomic mass is 10.1. The van der Waals surface area contributed by atoms with Gasteiger partial charge in [-0.15, -0.1) is 0 Å². The molecule has 0 aliphatic heterocycles. The highest BCUT2D eigenvalue weighted by Crippen LogP contribution is 2.03. The molecule has 1 aromatic rings. The van der Waals surface area contributed by atoms with Crippen molar-refractivity contribution in [2.24, 2.45) is 5.92 Å². The Morgan fingerprint density at radius 3 is 2.61 bits per heavy atom. The third kappa shape index (κ3) is 4.08. The fourth-order valence-corrected chi connectivity index (χ4v) is 1.37. The van der Waals surface area contributed by atoms with E-state index in [4.69, 9.17) is 9.63 Å². The van der Waals surface area contributed by atoms with Gasteiger partial charge in [0, 0.05) is 6.07 Å². The number of hydrogen-bond donors (Lipinski definition) is 3. The SMILES string of the molecule is Cc1cc(CNC(=O)N[C@H](C(=O)O)C(C)C)on1. The van der Waals surface area contributed by atoms with Crippen LogP contribution in [0.25, 0.3) is 0 Å². The van der Waals surface area contributed by atoms with Crippen molar-refractivity contribution in [2.75, 3.05) is 0 Å². The van der Waals surface area contributed by atoms with Crippen LogP contribution in [0.5, 0.6) is 0 Å². The molecule has 0 unspecified atom stereocenters. The monoisotopic (exact) mass is 255 g/mol. The van der Waals surface area contributed by atoms with Crippen LogP contribution in [-0.2, 0) is 11.3 Å². The summed E-state index contributed by atoms with van der Waals surface area (Å²) >= 11 is 0. The lowest BCUT2D eigenvalue weighted by Gasteiger charge is -2.17. The summed E-state index contributed by atoms with van der Waals surface area (Å²) in [5, 5.41) is 17.5. The molecule has 0 aromatic carbocycles. The summed E-state index contributed by atoms with van der Waals surface area (Å²) in [6, 6.07) is 0.226. The number of carbonyl (C=O) groups is 2. The van der Waals surface area contributed by atoms with Crippen LogP contribution in [0.15, 0.2) is 10.6 Å². The molecule has 0 bridgehead atoms. The summed E-state index contributed by atoms with van der Waals surface area (Å²) in [6.45, 7) is 5.38. The number of urea groups is 1. The average molecular weight is 255 g/mol. The number of aliphatic carboxylic acids is 1. The van der Waals surface area contributed by atoms with Crippen LogP contribution in [0.2, 0.25) is 0 Å². The number of hydrogen-bond acceptors (Lipinski definition) is 4. The molecule has 0 aliphatic rings. The maximum absolute atomic E-state index is 11.5. The van der Waals surface area contributed by atoms with Gasteiger partial charge in [0.15, 0.2) is 5.76 Å². The highest BCUT2D eigenvalue weighted by atomic mass is 16.5. The molecule has 0 saturated heterocycles. The molecule has 0 aliphatic carbocycles. The predicted molar refractivity (Wildman–Crippen MR) is 62.9 cm³/mol. The predicted octanol–water partition coefficient (Wildman–Crippen LogP) is 0.891. The van der Waals surface area contributed by atoms with Crippen molar-refractivity contribution in [3.05, 3.63) is 17.5 Å². The number of nitrogens with zero attached hydrogens (tertiary/aromatic N) is 1. The van der Waals surface area contributed by atoms with Crippen molar-refractivity contribution in [1.82, 2.24) is 15.8 Å². The van der Waals surface area contributed by atoms with E-state index < -0.39 is 18.0 Å². The Kier molecular flexibility index (Phi) is 4.70. The molecular weight excluding hydrogens is 238 g/mol. The van der Waals surface area contributed by atoms with Gasteiger partial charge >= 0.3 is 12.0 Å². The zero-order valence-corrected chi connectivity index (χ0v) is 10.6. The van der Waals surface area contributed by atoms with E-state index in [0.29, 0.717) is 5.76 Å². The molecule has 1 aromatic heterocycles. The van der Waals surface area contributed by atoms with Crippen LogP contribution in [0.3, 0.4) is 0 Å². The van der Waals surface area contributed by atoms with Gasteiger partial charge in [0.05, 0.1) is 12.2 Å². The van der Waals surface area contributed by atoms with E-state index in [1.165, 1.54) is 0 Å². The van der Waals surface area contributed by atoms with E-state index >= 15 is 0 Å². The molecule has 0 spiro atoms. The number of aromatic nitrogens is 1. The van der Waals surface area contributed by atoms with Crippen LogP contribution in [-0.4, -0.2) is 28.3 Å². The third-order valence-electron chi connectivity index (χ3n) is 2.32. The lowest BCUT2D eigenvalue weighted by molar-refractivity contribution is -0.140. The normalized spacial score (nSPS) is 12.2. The molecule has 1 rings (SSSR count). The zero-order valence-electron chi connectivity index (χ0n) is 10.6. The van der Waals surface area contributed by atoms with Crippen molar-refractivity contribution in [3.63, 3.8) is 0 Å². The lowest BCUT2D eigenvalue weighted by Crippen LogP contribution is -2.48. The highest BCUT2D eigenvalue weighted by molar-refractivity contribution is 5.82. The van der Waals surface area contributed by atoms with Gasteiger partial charge in [-0.05, 0) is 12.8 Å². The van der Waals surface area contributed by atoms with E-state index in [-0.39, 0.29) is 12.5 Å². The molecule has 1 atom stereocenters. The summed E-state index contributed by atoms with van der Waals surface area (Å²) in [6.07, 6.45) is 0. The number of carbonyl (C=O) groups excluding carboxylic acids is 1. The molecule has 0 radical (unpaired) electrons. The number of carboxylic acids is 1. The molecule has 1 heterocycles. The van der Waals surface area contributed by atoms with Crippen molar-refractivity contribution in [1.29, 1.82) is 0 Å². The Bertz CT molecular complexity index is 428. The fourth-order valence-electron chi connectivity index (χ4n) is 1.37. The van der Waals surface area contributed by atoms with Gasteiger partial charge in [-0.3, -0.25) is 0 Å². The van der Waals surface area contributed by atoms with Gasteiger partial charge < -0.3 is 20.3 Å². The molecular formula is C11H17N3O4. The summed E-state index contributed by atoms with van der Waals surface area (Å²) in [4.78, 5) is 22.4. The van der Waals surface area contributed by atoms with Crippen LogP contribution in [0, 0.1) is 12.8 Å². The molecule has 18 heavy (non-hydrogen) atoms. The minimum absolute atomic E-state index is 0.164. The molecule has 3 N–H and O–H groups in total. The Morgan fingerprint density at radius 2 is 2.17 bits per heavy atom. The second-order valence-corrected chi connectivity index (χ2v) is 4.32. The fraction of sp³-hybridized carbons (Fsp3) is 0.545. The van der Waals surface area contributed by atoms with Crippen molar-refractivity contribution in [3.8, 4) is 0 Å². The van der Waals surface area contributed by atoms with Crippen molar-refractivity contribution >= 4 is 12.0 Å². The van der Waals surface area contributed by atoms with Crippen LogP contribution in [0.1, 0.15) is 25.3 Å². The molecule has 7 nitrogen and oxygen atoms in total. The number of nitrogens with one attached hydrogen (secondary N) is 2. The molecule has 2 amide bonds. The summed E-state index contributed by atoms with van der Waals surface area (Å²) in [7, 11) is 0. The molecule has 0 saturated carbocycles. The third-order valence-corrected chi connectivity index (χ3v) is 2.32. The maximum atomic E-state index is 11.5. The first kappa shape index (κ1) is 14.0. The number of aryl methyl sites for hydroxylation is 1. The smallest absolute Gasteiger partial charge is 0.326 e. The topological polar surface area (TPSA) is 104 Å².